The summed E-state index contributed by atoms with van der Waals surface area (Å²) in [5.41, 5.74) is 0. The number of unbranched alkanes of at least 4 members (excludes halogenated alkanes) is 1. The standard InChI is InChI=1S/C13H23NO4/c1-3-4-5-10(2)13(17)14-6-7-18-9-11(14)8-12(15)16/h10-11H,3-9H2,1-2H3,(H,15,16). The van der Waals surface area contributed by atoms with Crippen LogP contribution in [0.15, 0.2) is 0 Å². The molecule has 0 aromatic carbocycles. The number of carbonyl (C=O) groups excluding carboxylic acids is 1. The largest absolute Gasteiger partial charge is 0.481 e. The summed E-state index contributed by atoms with van der Waals surface area (Å²) in [5.74, 6) is -0.846. The second kappa shape index (κ2) is 7.36. The third kappa shape index (κ3) is 4.29. The molecule has 104 valence electrons. The average Bonchev–Trinajstić information content (AvgIpc) is 2.35. The minimum Gasteiger partial charge on any atom is -0.481 e. The van der Waals surface area contributed by atoms with Gasteiger partial charge in [0.15, 0.2) is 0 Å². The summed E-state index contributed by atoms with van der Waals surface area (Å²) in [5, 5.41) is 8.85. The molecule has 18 heavy (non-hydrogen) atoms. The Hall–Kier alpha value is -1.10. The van der Waals surface area contributed by atoms with Crippen molar-refractivity contribution >= 4 is 11.9 Å². The fraction of sp³-hybridized carbons (Fsp3) is 0.846. The molecular formula is C13H23NO4. The van der Waals surface area contributed by atoms with Crippen molar-refractivity contribution in [1.29, 1.82) is 0 Å². The van der Waals surface area contributed by atoms with Crippen LogP contribution in [0.2, 0.25) is 0 Å². The predicted molar refractivity (Wildman–Crippen MR) is 67.3 cm³/mol. The summed E-state index contributed by atoms with van der Waals surface area (Å²) in [6, 6.07) is -0.312. The highest BCUT2D eigenvalue weighted by atomic mass is 16.5. The minimum atomic E-state index is -0.885. The fourth-order valence-electron chi connectivity index (χ4n) is 2.23. The number of hydrogen-bond donors (Lipinski definition) is 1. The normalized spacial score (nSPS) is 21.7. The summed E-state index contributed by atoms with van der Waals surface area (Å²) >= 11 is 0. The summed E-state index contributed by atoms with van der Waals surface area (Å²) in [7, 11) is 0. The lowest BCUT2D eigenvalue weighted by molar-refractivity contribution is -0.148. The van der Waals surface area contributed by atoms with Crippen LogP contribution in [0, 0.1) is 5.92 Å². The Labute approximate surface area is 108 Å². The van der Waals surface area contributed by atoms with Gasteiger partial charge in [-0.3, -0.25) is 9.59 Å². The minimum absolute atomic E-state index is 0.0284. The molecule has 0 aliphatic carbocycles. The summed E-state index contributed by atoms with van der Waals surface area (Å²) in [4.78, 5) is 24.7. The van der Waals surface area contributed by atoms with Crippen LogP contribution in [0.4, 0.5) is 0 Å². The van der Waals surface area contributed by atoms with E-state index < -0.39 is 5.97 Å². The molecule has 1 aliphatic heterocycles. The van der Waals surface area contributed by atoms with Gasteiger partial charge in [-0.1, -0.05) is 26.7 Å². The van der Waals surface area contributed by atoms with Crippen LogP contribution in [0.25, 0.3) is 0 Å². The van der Waals surface area contributed by atoms with Crippen molar-refractivity contribution < 1.29 is 19.4 Å². The van der Waals surface area contributed by atoms with E-state index in [0.717, 1.165) is 19.3 Å². The highest BCUT2D eigenvalue weighted by molar-refractivity contribution is 5.79. The molecule has 0 aromatic rings. The second-order valence-electron chi connectivity index (χ2n) is 4.90. The first-order valence-electron chi connectivity index (χ1n) is 6.66. The third-order valence-electron chi connectivity index (χ3n) is 3.33. The van der Waals surface area contributed by atoms with E-state index in [9.17, 15) is 9.59 Å². The number of nitrogens with zero attached hydrogens (tertiary/aromatic N) is 1. The predicted octanol–water partition coefficient (Wildman–Crippen LogP) is 1.51. The first-order valence-corrected chi connectivity index (χ1v) is 6.66. The number of amides is 1. The lowest BCUT2D eigenvalue weighted by Gasteiger charge is -2.36. The molecule has 1 heterocycles. The Balaban J connectivity index is 2.58. The maximum Gasteiger partial charge on any atom is 0.305 e. The molecule has 0 radical (unpaired) electrons. The molecule has 2 atom stereocenters. The summed E-state index contributed by atoms with van der Waals surface area (Å²) in [6.07, 6.45) is 2.93. The topological polar surface area (TPSA) is 66.8 Å². The lowest BCUT2D eigenvalue weighted by Crippen LogP contribution is -2.51. The first-order chi connectivity index (χ1) is 8.56. The molecule has 1 rings (SSSR count). The molecule has 1 fully saturated rings. The first kappa shape index (κ1) is 15.0. The maximum absolute atomic E-state index is 12.3. The Morgan fingerprint density at radius 3 is 2.83 bits per heavy atom. The summed E-state index contributed by atoms with van der Waals surface area (Å²) in [6.45, 7) is 5.36. The van der Waals surface area contributed by atoms with E-state index in [1.807, 2.05) is 6.92 Å². The molecule has 1 N–H and O–H groups in total. The monoisotopic (exact) mass is 257 g/mol. The van der Waals surface area contributed by atoms with E-state index in [1.54, 1.807) is 4.90 Å². The zero-order valence-electron chi connectivity index (χ0n) is 11.2. The molecule has 0 aromatic heterocycles. The van der Waals surface area contributed by atoms with Crippen molar-refractivity contribution in [2.24, 2.45) is 5.92 Å². The van der Waals surface area contributed by atoms with Crippen LogP contribution < -0.4 is 0 Å². The SMILES string of the molecule is CCCCC(C)C(=O)N1CCOCC1CC(=O)O. The molecule has 0 saturated carbocycles. The number of morpholine rings is 1. The molecule has 1 amide bonds. The van der Waals surface area contributed by atoms with Crippen molar-refractivity contribution in [2.75, 3.05) is 19.8 Å². The van der Waals surface area contributed by atoms with Gasteiger partial charge in [-0.25, -0.2) is 0 Å². The van der Waals surface area contributed by atoms with Crippen LogP contribution in [0.1, 0.15) is 39.5 Å². The van der Waals surface area contributed by atoms with Crippen LogP contribution in [0.5, 0.6) is 0 Å². The van der Waals surface area contributed by atoms with Gasteiger partial charge in [0.25, 0.3) is 0 Å². The maximum atomic E-state index is 12.3. The van der Waals surface area contributed by atoms with Crippen LogP contribution in [-0.2, 0) is 14.3 Å². The number of rotatable bonds is 6. The Kier molecular flexibility index (Phi) is 6.12. The van der Waals surface area contributed by atoms with Gasteiger partial charge >= 0.3 is 5.97 Å². The second-order valence-corrected chi connectivity index (χ2v) is 4.90. The summed E-state index contributed by atoms with van der Waals surface area (Å²) < 4.78 is 5.27. The zero-order chi connectivity index (χ0) is 13.5. The highest BCUT2D eigenvalue weighted by Crippen LogP contribution is 2.17. The van der Waals surface area contributed by atoms with E-state index in [2.05, 4.69) is 6.92 Å². The quantitative estimate of drug-likeness (QED) is 0.783. The van der Waals surface area contributed by atoms with E-state index in [4.69, 9.17) is 9.84 Å². The molecule has 5 heteroatoms. The van der Waals surface area contributed by atoms with E-state index in [0.29, 0.717) is 19.8 Å². The van der Waals surface area contributed by atoms with Gasteiger partial charge in [-0.15, -0.1) is 0 Å². The van der Waals surface area contributed by atoms with Crippen molar-refractivity contribution in [3.8, 4) is 0 Å². The number of carboxylic acids is 1. The molecule has 1 aliphatic rings. The van der Waals surface area contributed by atoms with Gasteiger partial charge in [-0.2, -0.15) is 0 Å². The molecule has 0 spiro atoms. The van der Waals surface area contributed by atoms with Gasteiger partial charge in [0, 0.05) is 12.5 Å². The zero-order valence-corrected chi connectivity index (χ0v) is 11.2. The number of aliphatic carboxylic acids is 1. The van der Waals surface area contributed by atoms with Gasteiger partial charge in [0.05, 0.1) is 25.7 Å². The van der Waals surface area contributed by atoms with Crippen molar-refractivity contribution in [2.45, 2.75) is 45.6 Å². The van der Waals surface area contributed by atoms with Crippen molar-refractivity contribution in [1.82, 2.24) is 4.90 Å². The van der Waals surface area contributed by atoms with Crippen molar-refractivity contribution in [3.05, 3.63) is 0 Å². The van der Waals surface area contributed by atoms with Crippen molar-refractivity contribution in [3.63, 3.8) is 0 Å². The van der Waals surface area contributed by atoms with E-state index >= 15 is 0 Å². The number of carbonyl (C=O) groups is 2. The Morgan fingerprint density at radius 1 is 1.50 bits per heavy atom. The van der Waals surface area contributed by atoms with Gasteiger partial charge < -0.3 is 14.7 Å². The molecule has 2 unspecified atom stereocenters. The van der Waals surface area contributed by atoms with E-state index in [1.165, 1.54) is 0 Å². The molecule has 5 nitrogen and oxygen atoms in total. The van der Waals surface area contributed by atoms with E-state index in [-0.39, 0.29) is 24.3 Å². The van der Waals surface area contributed by atoms with Gasteiger partial charge in [0.2, 0.25) is 5.91 Å². The number of ether oxygens (including phenoxy) is 1. The van der Waals surface area contributed by atoms with Crippen LogP contribution in [-0.4, -0.2) is 47.7 Å². The highest BCUT2D eigenvalue weighted by Gasteiger charge is 2.31. The van der Waals surface area contributed by atoms with Crippen LogP contribution >= 0.6 is 0 Å². The average molecular weight is 257 g/mol. The fourth-order valence-corrected chi connectivity index (χ4v) is 2.23. The lowest BCUT2D eigenvalue weighted by atomic mass is 10.0. The smallest absolute Gasteiger partial charge is 0.305 e. The third-order valence-corrected chi connectivity index (χ3v) is 3.33. The number of hydrogen-bond acceptors (Lipinski definition) is 3. The molecular weight excluding hydrogens is 234 g/mol. The van der Waals surface area contributed by atoms with Gasteiger partial charge in [0.1, 0.15) is 0 Å². The molecule has 1 saturated heterocycles. The number of carboxylic acid groups (broad SMARTS) is 1. The van der Waals surface area contributed by atoms with Crippen LogP contribution in [0.3, 0.4) is 0 Å². The Morgan fingerprint density at radius 2 is 2.22 bits per heavy atom. The Bertz CT molecular complexity index is 293. The van der Waals surface area contributed by atoms with Gasteiger partial charge in [-0.05, 0) is 6.42 Å². The molecule has 0 bridgehead atoms.